The molecule has 4 saturated carbocycles. The lowest BCUT2D eigenvalue weighted by atomic mass is 9.49. The van der Waals surface area contributed by atoms with Gasteiger partial charge in [0.25, 0.3) is 0 Å². The van der Waals surface area contributed by atoms with Gasteiger partial charge < -0.3 is 15.5 Å². The maximum atomic E-state index is 13.3. The second-order valence-corrected chi connectivity index (χ2v) is 9.71. The van der Waals surface area contributed by atoms with Gasteiger partial charge in [-0.2, -0.15) is 0 Å². The largest absolute Gasteiger partial charge is 0.353 e. The van der Waals surface area contributed by atoms with Crippen LogP contribution in [0.2, 0.25) is 0 Å². The number of likely N-dealkylation sites (N-methyl/N-ethyl adjacent to an activating group) is 1. The van der Waals surface area contributed by atoms with Crippen LogP contribution < -0.4 is 10.6 Å². The first-order valence-corrected chi connectivity index (χ1v) is 11.2. The molecule has 0 heterocycles. The van der Waals surface area contributed by atoms with Crippen LogP contribution in [0.3, 0.4) is 0 Å². The van der Waals surface area contributed by atoms with Crippen LogP contribution >= 0.6 is 0 Å². The molecule has 0 saturated heterocycles. The third kappa shape index (κ3) is 4.49. The van der Waals surface area contributed by atoms with Gasteiger partial charge in [-0.3, -0.25) is 9.59 Å². The van der Waals surface area contributed by atoms with E-state index in [1.54, 1.807) is 0 Å². The fourth-order valence-electron chi connectivity index (χ4n) is 6.21. The molecular weight excluding hydrogens is 338 g/mol. The van der Waals surface area contributed by atoms with Crippen molar-refractivity contribution in [2.24, 2.45) is 29.1 Å². The number of hydrogen-bond donors (Lipinski definition) is 2. The summed E-state index contributed by atoms with van der Waals surface area (Å²) in [7, 11) is 0. The standard InChI is InChI=1S/C22H39N3O2/c1-5-25(6-2)8-7-23-20(26)19(15(3)4)24-21(27)22-12-16-9-17(13-22)11-18(10-16)14-22/h15-19H,5-14H2,1-4H3,(H,23,26)(H,24,27). The third-order valence-corrected chi connectivity index (χ3v) is 7.38. The van der Waals surface area contributed by atoms with Crippen molar-refractivity contribution in [2.75, 3.05) is 26.2 Å². The Balaban J connectivity index is 1.57. The van der Waals surface area contributed by atoms with Crippen LogP contribution in [-0.4, -0.2) is 48.9 Å². The van der Waals surface area contributed by atoms with Crippen molar-refractivity contribution >= 4 is 11.8 Å². The minimum atomic E-state index is -0.429. The molecule has 5 nitrogen and oxygen atoms in total. The average molecular weight is 378 g/mol. The predicted octanol–water partition coefficient (Wildman–Crippen LogP) is 2.80. The molecule has 27 heavy (non-hydrogen) atoms. The molecule has 4 fully saturated rings. The van der Waals surface area contributed by atoms with Crippen molar-refractivity contribution in [2.45, 2.75) is 72.3 Å². The number of nitrogens with one attached hydrogen (secondary N) is 2. The van der Waals surface area contributed by atoms with E-state index < -0.39 is 6.04 Å². The van der Waals surface area contributed by atoms with E-state index in [1.807, 2.05) is 13.8 Å². The van der Waals surface area contributed by atoms with E-state index in [1.165, 1.54) is 19.3 Å². The Morgan fingerprint density at radius 2 is 1.52 bits per heavy atom. The number of amides is 2. The Morgan fingerprint density at radius 1 is 1.00 bits per heavy atom. The maximum Gasteiger partial charge on any atom is 0.242 e. The number of carbonyl (C=O) groups excluding carboxylic acids is 2. The second kappa shape index (κ2) is 8.50. The molecule has 2 amide bonds. The number of carbonyl (C=O) groups is 2. The van der Waals surface area contributed by atoms with Crippen molar-refractivity contribution in [1.82, 2.24) is 15.5 Å². The zero-order chi connectivity index (χ0) is 19.6. The first-order valence-electron chi connectivity index (χ1n) is 11.2. The Morgan fingerprint density at radius 3 is 1.96 bits per heavy atom. The molecule has 0 aromatic rings. The minimum Gasteiger partial charge on any atom is -0.353 e. The normalized spacial score (nSPS) is 32.7. The zero-order valence-electron chi connectivity index (χ0n) is 17.7. The van der Waals surface area contributed by atoms with Crippen LogP contribution in [0, 0.1) is 29.1 Å². The van der Waals surface area contributed by atoms with E-state index in [4.69, 9.17) is 0 Å². The highest BCUT2D eigenvalue weighted by Gasteiger charge is 2.55. The lowest BCUT2D eigenvalue weighted by Gasteiger charge is -2.55. The molecule has 0 aromatic heterocycles. The molecule has 4 aliphatic carbocycles. The van der Waals surface area contributed by atoms with Crippen molar-refractivity contribution in [1.29, 1.82) is 0 Å². The summed E-state index contributed by atoms with van der Waals surface area (Å²) in [6.07, 6.45) is 7.10. The smallest absolute Gasteiger partial charge is 0.242 e. The molecular formula is C22H39N3O2. The van der Waals surface area contributed by atoms with Gasteiger partial charge in [-0.25, -0.2) is 0 Å². The Bertz CT molecular complexity index is 506. The van der Waals surface area contributed by atoms with E-state index in [-0.39, 0.29) is 23.1 Å². The molecule has 4 aliphatic rings. The number of hydrogen-bond acceptors (Lipinski definition) is 3. The fraction of sp³-hybridized carbons (Fsp3) is 0.909. The molecule has 0 radical (unpaired) electrons. The molecule has 4 bridgehead atoms. The van der Waals surface area contributed by atoms with Crippen LogP contribution in [0.1, 0.15) is 66.2 Å². The van der Waals surface area contributed by atoms with Gasteiger partial charge >= 0.3 is 0 Å². The summed E-state index contributed by atoms with van der Waals surface area (Å²) < 4.78 is 0. The maximum absolute atomic E-state index is 13.3. The van der Waals surface area contributed by atoms with Crippen LogP contribution in [0.4, 0.5) is 0 Å². The number of nitrogens with zero attached hydrogens (tertiary/aromatic N) is 1. The summed E-state index contributed by atoms with van der Waals surface area (Å²) in [5.74, 6) is 2.43. The van der Waals surface area contributed by atoms with Crippen LogP contribution in [-0.2, 0) is 9.59 Å². The van der Waals surface area contributed by atoms with Gasteiger partial charge in [0.2, 0.25) is 11.8 Å². The van der Waals surface area contributed by atoms with Gasteiger partial charge in [0.1, 0.15) is 6.04 Å². The molecule has 0 spiro atoms. The van der Waals surface area contributed by atoms with E-state index >= 15 is 0 Å². The van der Waals surface area contributed by atoms with E-state index in [0.717, 1.165) is 56.7 Å². The van der Waals surface area contributed by atoms with Crippen LogP contribution in [0.25, 0.3) is 0 Å². The summed E-state index contributed by atoms with van der Waals surface area (Å²) in [4.78, 5) is 28.3. The molecule has 0 aromatic carbocycles. The monoisotopic (exact) mass is 377 g/mol. The topological polar surface area (TPSA) is 61.4 Å². The summed E-state index contributed by atoms with van der Waals surface area (Å²) in [6.45, 7) is 11.8. The van der Waals surface area contributed by atoms with Crippen molar-refractivity contribution in [3.63, 3.8) is 0 Å². The highest BCUT2D eigenvalue weighted by Crippen LogP contribution is 2.60. The summed E-state index contributed by atoms with van der Waals surface area (Å²) >= 11 is 0. The van der Waals surface area contributed by atoms with E-state index in [9.17, 15) is 9.59 Å². The van der Waals surface area contributed by atoms with Crippen molar-refractivity contribution in [3.05, 3.63) is 0 Å². The molecule has 1 unspecified atom stereocenters. The molecule has 4 rings (SSSR count). The Labute approximate surface area is 165 Å². The van der Waals surface area contributed by atoms with Gasteiger partial charge in [0, 0.05) is 18.5 Å². The summed E-state index contributed by atoms with van der Waals surface area (Å²) in [5, 5.41) is 6.22. The highest BCUT2D eigenvalue weighted by molar-refractivity contribution is 5.90. The number of rotatable bonds is 9. The molecule has 154 valence electrons. The molecule has 2 N–H and O–H groups in total. The minimum absolute atomic E-state index is 0.0322. The van der Waals surface area contributed by atoms with Gasteiger partial charge in [-0.1, -0.05) is 27.7 Å². The lowest BCUT2D eigenvalue weighted by molar-refractivity contribution is -0.149. The fourth-order valence-corrected chi connectivity index (χ4v) is 6.21. The SMILES string of the molecule is CCN(CC)CCNC(=O)C(NC(=O)C12CC3CC(CC(C3)C1)C2)C(C)C. The van der Waals surface area contributed by atoms with E-state index in [0.29, 0.717) is 6.54 Å². The van der Waals surface area contributed by atoms with Crippen LogP contribution in [0.15, 0.2) is 0 Å². The quantitative estimate of drug-likeness (QED) is 0.649. The molecule has 1 atom stereocenters. The first-order chi connectivity index (χ1) is 12.9. The zero-order valence-corrected chi connectivity index (χ0v) is 17.7. The molecule has 0 aliphatic heterocycles. The third-order valence-electron chi connectivity index (χ3n) is 7.38. The van der Waals surface area contributed by atoms with Crippen molar-refractivity contribution in [3.8, 4) is 0 Å². The van der Waals surface area contributed by atoms with Crippen molar-refractivity contribution < 1.29 is 9.59 Å². The van der Waals surface area contributed by atoms with Gasteiger partial charge in [0.05, 0.1) is 0 Å². The predicted molar refractivity (Wildman–Crippen MR) is 108 cm³/mol. The molecule has 5 heteroatoms. The lowest BCUT2D eigenvalue weighted by Crippen LogP contribution is -2.58. The first kappa shape index (κ1) is 20.6. The van der Waals surface area contributed by atoms with E-state index in [2.05, 4.69) is 29.4 Å². The Kier molecular flexibility index (Phi) is 6.50. The summed E-state index contributed by atoms with van der Waals surface area (Å²) in [5.41, 5.74) is -0.191. The second-order valence-electron chi connectivity index (χ2n) is 9.71. The average Bonchev–Trinajstić information content (AvgIpc) is 2.61. The van der Waals surface area contributed by atoms with Gasteiger partial charge in [-0.15, -0.1) is 0 Å². The summed E-state index contributed by atoms with van der Waals surface area (Å²) in [6, 6.07) is -0.429. The highest BCUT2D eigenvalue weighted by atomic mass is 16.2. The van der Waals surface area contributed by atoms with Gasteiger partial charge in [-0.05, 0) is 75.3 Å². The Hall–Kier alpha value is -1.10. The van der Waals surface area contributed by atoms with Crippen LogP contribution in [0.5, 0.6) is 0 Å². The van der Waals surface area contributed by atoms with Gasteiger partial charge in [0.15, 0.2) is 0 Å².